The predicted octanol–water partition coefficient (Wildman–Crippen LogP) is 1.86. The molecule has 1 aliphatic rings. The summed E-state index contributed by atoms with van der Waals surface area (Å²) in [6.07, 6.45) is 2.40. The Bertz CT molecular complexity index is 343. The normalized spacial score (nSPS) is 16.2. The van der Waals surface area contributed by atoms with Crippen molar-refractivity contribution in [3.63, 3.8) is 0 Å². The van der Waals surface area contributed by atoms with E-state index in [9.17, 15) is 9.59 Å². The summed E-state index contributed by atoms with van der Waals surface area (Å²) < 4.78 is 11.6. The Hall–Kier alpha value is -0.200. The van der Waals surface area contributed by atoms with Gasteiger partial charge in [-0.2, -0.15) is 0 Å². The zero-order valence-electron chi connectivity index (χ0n) is 8.91. The molecular weight excluding hydrogens is 269 g/mol. The van der Waals surface area contributed by atoms with Crippen LogP contribution < -0.4 is 0 Å². The van der Waals surface area contributed by atoms with Gasteiger partial charge in [0.2, 0.25) is 0 Å². The molecule has 0 saturated heterocycles. The Morgan fingerprint density at radius 1 is 1.25 bits per heavy atom. The summed E-state index contributed by atoms with van der Waals surface area (Å²) in [4.78, 5) is 22.7. The quantitative estimate of drug-likeness (QED) is 0.421. The number of hydrogen-bond donors (Lipinski definition) is 0. The molecule has 0 saturated carbocycles. The fraction of sp³-hybridized carbons (Fsp3) is 0.500. The molecule has 0 N–H and O–H groups in total. The van der Waals surface area contributed by atoms with Crippen LogP contribution in [0.3, 0.4) is 0 Å². The van der Waals surface area contributed by atoms with Gasteiger partial charge in [0.1, 0.15) is 0 Å². The molecule has 8 heteroatoms. The van der Waals surface area contributed by atoms with Crippen LogP contribution in [0.5, 0.6) is 0 Å². The van der Waals surface area contributed by atoms with Gasteiger partial charge in [0.05, 0.1) is 24.8 Å². The van der Waals surface area contributed by atoms with Crippen LogP contribution in [0, 0.1) is 0 Å². The van der Waals surface area contributed by atoms with Crippen LogP contribution in [0.25, 0.3) is 0 Å². The summed E-state index contributed by atoms with van der Waals surface area (Å²) in [6.45, 7) is 4.33. The maximum Gasteiger partial charge on any atom is 0.268 e. The third-order valence-corrected chi connectivity index (χ3v) is 6.35. The average molecular weight is 281 g/mol. The van der Waals surface area contributed by atoms with Crippen molar-refractivity contribution in [2.75, 3.05) is 13.2 Å². The van der Waals surface area contributed by atoms with Crippen LogP contribution in [0.15, 0.2) is 12.2 Å². The number of amides is 2. The Morgan fingerprint density at radius 2 is 1.69 bits per heavy atom. The van der Waals surface area contributed by atoms with Crippen molar-refractivity contribution in [2.24, 2.45) is 0 Å². The van der Waals surface area contributed by atoms with Crippen LogP contribution in [0.1, 0.15) is 13.8 Å². The van der Waals surface area contributed by atoms with E-state index in [0.29, 0.717) is 13.2 Å². The average Bonchev–Trinajstić information content (AvgIpc) is 2.50. The number of imide groups is 1. The first-order valence-electron chi connectivity index (χ1n) is 4.67. The monoisotopic (exact) mass is 281 g/mol. The highest BCUT2D eigenvalue weighted by atomic mass is 32.9. The van der Waals surface area contributed by atoms with Crippen molar-refractivity contribution in [2.45, 2.75) is 13.8 Å². The van der Waals surface area contributed by atoms with Crippen molar-refractivity contribution < 1.29 is 18.6 Å². The van der Waals surface area contributed by atoms with Crippen LogP contribution >= 0.6 is 17.3 Å². The molecule has 16 heavy (non-hydrogen) atoms. The van der Waals surface area contributed by atoms with Gasteiger partial charge in [0.25, 0.3) is 17.5 Å². The van der Waals surface area contributed by atoms with Gasteiger partial charge >= 0.3 is 0 Å². The second-order valence-electron chi connectivity index (χ2n) is 2.67. The van der Waals surface area contributed by atoms with Gasteiger partial charge in [0.15, 0.2) is 0 Å². The van der Waals surface area contributed by atoms with E-state index in [4.69, 9.17) is 20.9 Å². The van der Waals surface area contributed by atoms with Crippen LogP contribution in [-0.4, -0.2) is 29.3 Å². The van der Waals surface area contributed by atoms with Crippen molar-refractivity contribution in [3.05, 3.63) is 12.2 Å². The Labute approximate surface area is 103 Å². The standard InChI is InChI=1S/C8H12NO4PS2/c1-3-12-14(15,13-4-2)16-9-7(10)5-6-8(9)11/h5-6H,3-4H2,1-2H3. The van der Waals surface area contributed by atoms with Gasteiger partial charge in [-0.3, -0.25) is 9.59 Å². The molecule has 0 aliphatic carbocycles. The third-order valence-electron chi connectivity index (χ3n) is 1.52. The second kappa shape index (κ2) is 5.93. The van der Waals surface area contributed by atoms with Gasteiger partial charge < -0.3 is 9.05 Å². The SMILES string of the molecule is CCOP(=S)(OCC)SN1C(=O)C=CC1=O. The first kappa shape index (κ1) is 13.9. The van der Waals surface area contributed by atoms with Gasteiger partial charge in [-0.1, -0.05) is 0 Å². The van der Waals surface area contributed by atoms with Crippen molar-refractivity contribution in [3.8, 4) is 0 Å². The minimum absolute atomic E-state index is 0.383. The molecule has 90 valence electrons. The van der Waals surface area contributed by atoms with Gasteiger partial charge in [-0.15, -0.1) is 0 Å². The summed E-state index contributed by atoms with van der Waals surface area (Å²) in [5.41, 5.74) is -2.65. The highest BCUT2D eigenvalue weighted by Gasteiger charge is 2.32. The smallest absolute Gasteiger partial charge is 0.268 e. The lowest BCUT2D eigenvalue weighted by Crippen LogP contribution is -2.22. The molecule has 5 nitrogen and oxygen atoms in total. The lowest BCUT2D eigenvalue weighted by Gasteiger charge is -2.23. The van der Waals surface area contributed by atoms with E-state index in [1.807, 2.05) is 0 Å². The Kier molecular flexibility index (Phi) is 5.14. The lowest BCUT2D eigenvalue weighted by molar-refractivity contribution is -0.130. The number of nitrogens with zero attached hydrogens (tertiary/aromatic N) is 1. The Balaban J connectivity index is 2.72. The molecule has 0 unspecified atom stereocenters. The summed E-state index contributed by atoms with van der Waals surface area (Å²) in [5, 5.41) is 0. The summed E-state index contributed by atoms with van der Waals surface area (Å²) in [6, 6.07) is 0. The number of rotatable bonds is 6. The summed E-state index contributed by atoms with van der Waals surface area (Å²) >= 11 is 6.07. The molecule has 0 bridgehead atoms. The molecule has 2 amide bonds. The lowest BCUT2D eigenvalue weighted by atomic mass is 10.6. The highest BCUT2D eigenvalue weighted by molar-refractivity contribution is 8.67. The molecule has 0 atom stereocenters. The Morgan fingerprint density at radius 3 is 2.06 bits per heavy atom. The first-order valence-corrected chi connectivity index (χ1v) is 8.69. The highest BCUT2D eigenvalue weighted by Crippen LogP contribution is 2.62. The molecule has 1 heterocycles. The molecule has 0 aromatic carbocycles. The van der Waals surface area contributed by atoms with Crippen LogP contribution in [-0.2, 0) is 30.4 Å². The molecule has 0 radical (unpaired) electrons. The van der Waals surface area contributed by atoms with E-state index >= 15 is 0 Å². The fourth-order valence-corrected chi connectivity index (χ4v) is 5.48. The maximum absolute atomic E-state index is 11.3. The van der Waals surface area contributed by atoms with Crippen molar-refractivity contribution in [1.29, 1.82) is 0 Å². The minimum Gasteiger partial charge on any atom is -0.321 e. The largest absolute Gasteiger partial charge is 0.321 e. The van der Waals surface area contributed by atoms with Gasteiger partial charge in [-0.25, -0.2) is 4.31 Å². The topological polar surface area (TPSA) is 55.8 Å². The summed E-state index contributed by atoms with van der Waals surface area (Å²) in [7, 11) is 0. The predicted molar refractivity (Wildman–Crippen MR) is 66.1 cm³/mol. The minimum atomic E-state index is -2.65. The van der Waals surface area contributed by atoms with E-state index in [1.54, 1.807) is 13.8 Å². The zero-order valence-corrected chi connectivity index (χ0v) is 11.4. The molecule has 0 spiro atoms. The maximum atomic E-state index is 11.3. The number of carbonyl (C=O) groups excluding carboxylic acids is 2. The van der Waals surface area contributed by atoms with Crippen LogP contribution in [0.4, 0.5) is 0 Å². The van der Waals surface area contributed by atoms with E-state index in [1.165, 1.54) is 12.2 Å². The second-order valence-corrected chi connectivity index (χ2v) is 8.68. The first-order chi connectivity index (χ1) is 7.52. The third kappa shape index (κ3) is 3.40. The molecule has 0 fully saturated rings. The molecule has 0 aromatic rings. The van der Waals surface area contributed by atoms with Gasteiger partial charge in [0, 0.05) is 12.2 Å². The summed E-state index contributed by atoms with van der Waals surface area (Å²) in [5.74, 6) is -0.799. The van der Waals surface area contributed by atoms with Crippen molar-refractivity contribution >= 4 is 40.9 Å². The fourth-order valence-electron chi connectivity index (χ4n) is 0.968. The zero-order chi connectivity index (χ0) is 12.2. The van der Waals surface area contributed by atoms with E-state index < -0.39 is 17.5 Å². The number of carbonyl (C=O) groups is 2. The molecule has 0 aromatic heterocycles. The van der Waals surface area contributed by atoms with E-state index in [0.717, 1.165) is 15.9 Å². The molecular formula is C8H12NO4PS2. The van der Waals surface area contributed by atoms with E-state index in [2.05, 4.69) is 0 Å². The number of hydrogen-bond acceptors (Lipinski definition) is 6. The van der Waals surface area contributed by atoms with Crippen LogP contribution in [0.2, 0.25) is 0 Å². The molecule has 1 aliphatic heterocycles. The van der Waals surface area contributed by atoms with Crippen molar-refractivity contribution in [1.82, 2.24) is 4.31 Å². The molecule has 1 rings (SSSR count). The van der Waals surface area contributed by atoms with E-state index in [-0.39, 0.29) is 0 Å². The van der Waals surface area contributed by atoms with Gasteiger partial charge in [-0.05, 0) is 25.7 Å².